The summed E-state index contributed by atoms with van der Waals surface area (Å²) in [6.45, 7) is 3.74. The minimum atomic E-state index is -0.477. The van der Waals surface area contributed by atoms with Gasteiger partial charge in [0, 0.05) is 17.6 Å². The summed E-state index contributed by atoms with van der Waals surface area (Å²) in [5.74, 6) is 0.593. The number of nitrogens with one attached hydrogen (secondary N) is 1. The first-order valence-corrected chi connectivity index (χ1v) is 6.36. The van der Waals surface area contributed by atoms with Gasteiger partial charge >= 0.3 is 0 Å². The zero-order valence-electron chi connectivity index (χ0n) is 11.0. The van der Waals surface area contributed by atoms with Gasteiger partial charge in [0.1, 0.15) is 5.75 Å². The second-order valence-electron chi connectivity index (χ2n) is 4.53. The summed E-state index contributed by atoms with van der Waals surface area (Å²) >= 11 is 3.38. The predicted octanol–water partition coefficient (Wildman–Crippen LogP) is 3.21. The lowest BCUT2D eigenvalue weighted by Gasteiger charge is -2.22. The fraction of sp³-hybridized carbons (Fsp3) is 0.462. The van der Waals surface area contributed by atoms with E-state index in [2.05, 4.69) is 21.2 Å². The van der Waals surface area contributed by atoms with Crippen molar-refractivity contribution in [2.45, 2.75) is 25.9 Å². The average Bonchev–Trinajstić information content (AvgIpc) is 2.31. The largest absolute Gasteiger partial charge is 0.497 e. The van der Waals surface area contributed by atoms with Crippen LogP contribution < -0.4 is 10.1 Å². The van der Waals surface area contributed by atoms with Crippen LogP contribution in [0.5, 0.6) is 5.75 Å². The van der Waals surface area contributed by atoms with E-state index in [1.165, 1.54) is 0 Å². The Morgan fingerprint density at radius 1 is 1.39 bits per heavy atom. The first-order chi connectivity index (χ1) is 8.38. The van der Waals surface area contributed by atoms with Gasteiger partial charge in [0.2, 0.25) is 5.91 Å². The highest BCUT2D eigenvalue weighted by atomic mass is 79.9. The number of ether oxygens (including phenoxy) is 2. The van der Waals surface area contributed by atoms with Crippen molar-refractivity contribution in [2.24, 2.45) is 0 Å². The number of hydrogen-bond acceptors (Lipinski definition) is 3. The second kappa shape index (κ2) is 6.20. The van der Waals surface area contributed by atoms with Gasteiger partial charge in [-0.05, 0) is 41.9 Å². The van der Waals surface area contributed by atoms with Crippen molar-refractivity contribution in [3.05, 3.63) is 22.7 Å². The van der Waals surface area contributed by atoms with E-state index >= 15 is 0 Å². The average molecular weight is 316 g/mol. The van der Waals surface area contributed by atoms with Crippen LogP contribution in [0.1, 0.15) is 20.3 Å². The van der Waals surface area contributed by atoms with E-state index in [1.807, 2.05) is 26.0 Å². The number of carbonyl (C=O) groups is 1. The molecule has 0 saturated carbocycles. The number of hydrogen-bond donors (Lipinski definition) is 1. The van der Waals surface area contributed by atoms with Crippen LogP contribution in [0.15, 0.2) is 22.7 Å². The van der Waals surface area contributed by atoms with E-state index in [0.29, 0.717) is 11.4 Å². The smallest absolute Gasteiger partial charge is 0.227 e. The van der Waals surface area contributed by atoms with Crippen LogP contribution in [0.25, 0.3) is 0 Å². The van der Waals surface area contributed by atoms with Crippen LogP contribution in [0.2, 0.25) is 0 Å². The molecule has 18 heavy (non-hydrogen) atoms. The van der Waals surface area contributed by atoms with Crippen molar-refractivity contribution in [3.63, 3.8) is 0 Å². The van der Waals surface area contributed by atoms with Gasteiger partial charge in [-0.15, -0.1) is 0 Å². The van der Waals surface area contributed by atoms with Gasteiger partial charge in [-0.2, -0.15) is 0 Å². The Labute approximate surface area is 116 Å². The van der Waals surface area contributed by atoms with E-state index in [1.54, 1.807) is 20.3 Å². The highest BCUT2D eigenvalue weighted by Gasteiger charge is 2.21. The van der Waals surface area contributed by atoms with Crippen molar-refractivity contribution >= 4 is 27.5 Å². The maximum atomic E-state index is 11.9. The normalized spacial score (nSPS) is 11.2. The molecule has 0 heterocycles. The van der Waals surface area contributed by atoms with E-state index in [9.17, 15) is 4.79 Å². The standard InChI is InChI=1S/C13H18BrNO3/c1-13(2,18-4)8-12(16)15-11-7-9(17-3)5-6-10(11)14/h5-7H,8H2,1-4H3,(H,15,16). The zero-order chi connectivity index (χ0) is 13.8. The van der Waals surface area contributed by atoms with Crippen LogP contribution in [0.3, 0.4) is 0 Å². The quantitative estimate of drug-likeness (QED) is 0.907. The summed E-state index contributed by atoms with van der Waals surface area (Å²) in [4.78, 5) is 11.9. The Kier molecular flexibility index (Phi) is 5.16. The minimum absolute atomic E-state index is 0.101. The SMILES string of the molecule is COc1ccc(Br)c(NC(=O)CC(C)(C)OC)c1. The molecule has 1 N–H and O–H groups in total. The first kappa shape index (κ1) is 15.0. The number of rotatable bonds is 5. The maximum Gasteiger partial charge on any atom is 0.227 e. The van der Waals surface area contributed by atoms with Gasteiger partial charge < -0.3 is 14.8 Å². The lowest BCUT2D eigenvalue weighted by atomic mass is 10.0. The molecule has 100 valence electrons. The van der Waals surface area contributed by atoms with Gasteiger partial charge in [0.05, 0.1) is 24.8 Å². The Balaban J connectivity index is 2.75. The van der Waals surface area contributed by atoms with Crippen molar-refractivity contribution < 1.29 is 14.3 Å². The summed E-state index contributed by atoms with van der Waals surface area (Å²) in [6, 6.07) is 5.41. The third-order valence-electron chi connectivity index (χ3n) is 2.59. The highest BCUT2D eigenvalue weighted by molar-refractivity contribution is 9.10. The molecule has 1 amide bonds. The molecule has 1 aromatic rings. The number of benzene rings is 1. The monoisotopic (exact) mass is 315 g/mol. The van der Waals surface area contributed by atoms with Crippen LogP contribution in [-0.4, -0.2) is 25.7 Å². The van der Waals surface area contributed by atoms with Crippen molar-refractivity contribution in [2.75, 3.05) is 19.5 Å². The molecule has 0 unspecified atom stereocenters. The molecule has 0 fully saturated rings. The number of methoxy groups -OCH3 is 2. The van der Waals surface area contributed by atoms with Crippen molar-refractivity contribution in [1.82, 2.24) is 0 Å². The molecule has 5 heteroatoms. The maximum absolute atomic E-state index is 11.9. The predicted molar refractivity (Wildman–Crippen MR) is 75.0 cm³/mol. The second-order valence-corrected chi connectivity index (χ2v) is 5.39. The topological polar surface area (TPSA) is 47.6 Å². The van der Waals surface area contributed by atoms with Gasteiger partial charge in [-0.25, -0.2) is 0 Å². The molecule has 1 rings (SSSR count). The molecule has 0 atom stereocenters. The van der Waals surface area contributed by atoms with E-state index in [4.69, 9.17) is 9.47 Å². The molecule has 1 aromatic carbocycles. The fourth-order valence-corrected chi connectivity index (χ4v) is 1.73. The third kappa shape index (κ3) is 4.31. The highest BCUT2D eigenvalue weighted by Crippen LogP contribution is 2.27. The van der Waals surface area contributed by atoms with Crippen LogP contribution in [0, 0.1) is 0 Å². The Morgan fingerprint density at radius 3 is 2.61 bits per heavy atom. The van der Waals surface area contributed by atoms with Gasteiger partial charge in [-0.3, -0.25) is 4.79 Å². The zero-order valence-corrected chi connectivity index (χ0v) is 12.6. The van der Waals surface area contributed by atoms with Crippen LogP contribution in [-0.2, 0) is 9.53 Å². The van der Waals surface area contributed by atoms with Gasteiger partial charge in [0.15, 0.2) is 0 Å². The lowest BCUT2D eigenvalue weighted by molar-refractivity contribution is -0.121. The number of carbonyl (C=O) groups excluding carboxylic acids is 1. The van der Waals surface area contributed by atoms with Crippen LogP contribution in [0.4, 0.5) is 5.69 Å². The molecule has 0 aromatic heterocycles. The Bertz CT molecular complexity index is 432. The Hall–Kier alpha value is -1.07. The fourth-order valence-electron chi connectivity index (χ4n) is 1.38. The summed E-state index contributed by atoms with van der Waals surface area (Å²) in [7, 11) is 3.18. The van der Waals surface area contributed by atoms with E-state index < -0.39 is 5.60 Å². The molecular formula is C13H18BrNO3. The summed E-state index contributed by atoms with van der Waals surface area (Å²) in [6.07, 6.45) is 0.285. The molecule has 0 saturated heterocycles. The van der Waals surface area contributed by atoms with Crippen LogP contribution >= 0.6 is 15.9 Å². The van der Waals surface area contributed by atoms with E-state index in [0.717, 1.165) is 4.47 Å². The molecule has 4 nitrogen and oxygen atoms in total. The lowest BCUT2D eigenvalue weighted by Crippen LogP contribution is -2.29. The number of amides is 1. The molecule has 0 spiro atoms. The molecule has 0 aliphatic carbocycles. The number of anilines is 1. The molecule has 0 aliphatic heterocycles. The molecule has 0 aliphatic rings. The van der Waals surface area contributed by atoms with Crippen molar-refractivity contribution in [1.29, 1.82) is 0 Å². The minimum Gasteiger partial charge on any atom is -0.497 e. The summed E-state index contributed by atoms with van der Waals surface area (Å²) in [5.41, 5.74) is 0.210. The molecule has 0 radical (unpaired) electrons. The van der Waals surface area contributed by atoms with E-state index in [-0.39, 0.29) is 12.3 Å². The third-order valence-corrected chi connectivity index (χ3v) is 3.28. The Morgan fingerprint density at radius 2 is 2.06 bits per heavy atom. The van der Waals surface area contributed by atoms with Crippen molar-refractivity contribution in [3.8, 4) is 5.75 Å². The molecular weight excluding hydrogens is 298 g/mol. The van der Waals surface area contributed by atoms with Gasteiger partial charge in [0.25, 0.3) is 0 Å². The number of halogens is 1. The van der Waals surface area contributed by atoms with Gasteiger partial charge in [-0.1, -0.05) is 0 Å². The molecule has 0 bridgehead atoms. The summed E-state index contributed by atoms with van der Waals surface area (Å²) in [5, 5.41) is 2.83. The summed E-state index contributed by atoms with van der Waals surface area (Å²) < 4.78 is 11.2. The first-order valence-electron chi connectivity index (χ1n) is 5.56.